The van der Waals surface area contributed by atoms with Crippen LogP contribution in [0.1, 0.15) is 433 Å². The van der Waals surface area contributed by atoms with Crippen LogP contribution in [0.15, 0.2) is 0 Å². The van der Waals surface area contributed by atoms with Crippen LogP contribution in [0.4, 0.5) is 0 Å². The number of phosphoric acid groups is 2. The molecule has 2 unspecified atom stereocenters. The molecule has 0 bridgehead atoms. The van der Waals surface area contributed by atoms with Gasteiger partial charge in [0.2, 0.25) is 0 Å². The molecule has 0 radical (unpaired) electrons. The minimum atomic E-state index is -4.96. The Balaban J connectivity index is 5.21. The van der Waals surface area contributed by atoms with Crippen LogP contribution in [0.5, 0.6) is 0 Å². The first-order chi connectivity index (χ1) is 48.5. The first-order valence-corrected chi connectivity index (χ1v) is 45.1. The lowest BCUT2D eigenvalue weighted by Crippen LogP contribution is -2.30. The van der Waals surface area contributed by atoms with Gasteiger partial charge in [0.1, 0.15) is 19.3 Å². The Hall–Kier alpha value is -1.94. The number of esters is 4. The normalized spacial score (nSPS) is 13.8. The molecule has 0 aromatic rings. The second kappa shape index (κ2) is 73.9. The molecule has 0 saturated heterocycles. The zero-order chi connectivity index (χ0) is 73.4. The number of hydrogen-bond donors (Lipinski definition) is 3. The van der Waals surface area contributed by atoms with E-state index in [-0.39, 0.29) is 25.7 Å². The summed E-state index contributed by atoms with van der Waals surface area (Å²) in [7, 11) is -9.92. The maximum absolute atomic E-state index is 13.1. The van der Waals surface area contributed by atoms with Crippen LogP contribution in [-0.4, -0.2) is 96.7 Å². The molecule has 0 aliphatic heterocycles. The molecule has 17 nitrogen and oxygen atoms in total. The lowest BCUT2D eigenvalue weighted by molar-refractivity contribution is -0.161. The van der Waals surface area contributed by atoms with E-state index in [0.717, 1.165) is 95.8 Å². The SMILES string of the molecule is CCCCCCCCCCCCCCCCCCCCCCC(=O)O[C@H](COC(=O)CCCCCCCCCCCCCCCCCC(C)C)COP(=O)(O)OC[C@@H](O)COP(=O)(O)OC[C@@H](COC(=O)CCCCCCCCCCCCC)OC(=O)CCCCCCCCCCCCC. The molecular weight excluding hydrogens is 1310 g/mol. The van der Waals surface area contributed by atoms with E-state index >= 15 is 0 Å². The molecule has 0 fully saturated rings. The lowest BCUT2D eigenvalue weighted by atomic mass is 10.0. The second-order valence-electron chi connectivity index (χ2n) is 29.6. The number of hydrogen-bond acceptors (Lipinski definition) is 15. The van der Waals surface area contributed by atoms with E-state index in [2.05, 4.69) is 34.6 Å². The van der Waals surface area contributed by atoms with Crippen molar-refractivity contribution in [2.24, 2.45) is 5.92 Å². The second-order valence-corrected chi connectivity index (χ2v) is 32.5. The smallest absolute Gasteiger partial charge is 0.462 e. The van der Waals surface area contributed by atoms with Crippen LogP contribution in [0.25, 0.3) is 0 Å². The number of rotatable bonds is 81. The average Bonchev–Trinajstić information content (AvgIpc) is 1.02. The quantitative estimate of drug-likeness (QED) is 0.0222. The molecule has 100 heavy (non-hydrogen) atoms. The maximum Gasteiger partial charge on any atom is 0.472 e. The number of aliphatic hydroxyl groups excluding tert-OH is 1. The molecule has 0 spiro atoms. The van der Waals surface area contributed by atoms with Gasteiger partial charge >= 0.3 is 39.5 Å². The van der Waals surface area contributed by atoms with Crippen LogP contribution < -0.4 is 0 Å². The van der Waals surface area contributed by atoms with Gasteiger partial charge in [-0.3, -0.25) is 37.3 Å². The predicted octanol–water partition coefficient (Wildman–Crippen LogP) is 24.4. The molecule has 0 amide bonds. The first kappa shape index (κ1) is 98.1. The fraction of sp³-hybridized carbons (Fsp3) is 0.951. The van der Waals surface area contributed by atoms with Crippen molar-refractivity contribution in [2.75, 3.05) is 39.6 Å². The van der Waals surface area contributed by atoms with Gasteiger partial charge in [-0.25, -0.2) is 9.13 Å². The van der Waals surface area contributed by atoms with E-state index in [1.807, 2.05) is 0 Å². The van der Waals surface area contributed by atoms with E-state index in [0.29, 0.717) is 25.7 Å². The Morgan fingerprint density at radius 1 is 0.270 bits per heavy atom. The summed E-state index contributed by atoms with van der Waals surface area (Å²) in [5.74, 6) is -1.30. The summed E-state index contributed by atoms with van der Waals surface area (Å²) in [5.41, 5.74) is 0. The van der Waals surface area contributed by atoms with Gasteiger partial charge < -0.3 is 33.8 Å². The van der Waals surface area contributed by atoms with Crippen LogP contribution >= 0.6 is 15.6 Å². The van der Waals surface area contributed by atoms with Crippen LogP contribution in [0.2, 0.25) is 0 Å². The highest BCUT2D eigenvalue weighted by atomic mass is 31.2. The standard InChI is InChI=1S/C81H158O17P2/c1-6-9-12-15-18-21-24-25-26-27-28-29-30-33-37-42-47-52-57-62-67-81(86)98-77(71-92-79(84)65-60-55-50-45-41-36-34-31-32-35-40-43-48-53-58-63-74(4)5)73-96-100(89,90)94-69-75(82)68-93-99(87,88)95-72-76(97-80(85)66-61-56-51-46-39-23-20-17-14-11-8-3)70-91-78(83)64-59-54-49-44-38-22-19-16-13-10-7-2/h74-77,82H,6-73H2,1-5H3,(H,87,88)(H,89,90)/t75-,76+,77+/m0/s1. The van der Waals surface area contributed by atoms with Crippen molar-refractivity contribution in [3.8, 4) is 0 Å². The van der Waals surface area contributed by atoms with Crippen molar-refractivity contribution in [1.29, 1.82) is 0 Å². The Labute approximate surface area is 613 Å². The fourth-order valence-corrected chi connectivity index (χ4v) is 14.2. The molecule has 0 heterocycles. The minimum Gasteiger partial charge on any atom is -0.462 e. The van der Waals surface area contributed by atoms with Gasteiger partial charge in [0.25, 0.3) is 0 Å². The van der Waals surface area contributed by atoms with Crippen molar-refractivity contribution < 1.29 is 80.2 Å². The van der Waals surface area contributed by atoms with Gasteiger partial charge in [0.05, 0.1) is 26.4 Å². The lowest BCUT2D eigenvalue weighted by Gasteiger charge is -2.21. The summed E-state index contributed by atoms with van der Waals surface area (Å²) in [6.45, 7) is 7.35. The van der Waals surface area contributed by atoms with Crippen molar-refractivity contribution in [3.63, 3.8) is 0 Å². The van der Waals surface area contributed by atoms with E-state index < -0.39 is 97.5 Å². The average molecular weight is 1470 g/mol. The van der Waals surface area contributed by atoms with E-state index in [9.17, 15) is 43.2 Å². The van der Waals surface area contributed by atoms with E-state index in [1.54, 1.807) is 0 Å². The number of ether oxygens (including phenoxy) is 4. The third-order valence-electron chi connectivity index (χ3n) is 19.0. The van der Waals surface area contributed by atoms with Crippen LogP contribution in [0, 0.1) is 5.92 Å². The highest BCUT2D eigenvalue weighted by molar-refractivity contribution is 7.47. The molecule has 0 aromatic heterocycles. The molecule has 0 aliphatic carbocycles. The van der Waals surface area contributed by atoms with Crippen molar-refractivity contribution in [2.45, 2.75) is 451 Å². The summed E-state index contributed by atoms with van der Waals surface area (Å²) >= 11 is 0. The van der Waals surface area contributed by atoms with Crippen molar-refractivity contribution in [1.82, 2.24) is 0 Å². The van der Waals surface area contributed by atoms with Crippen LogP contribution in [0.3, 0.4) is 0 Å². The molecule has 0 aliphatic rings. The van der Waals surface area contributed by atoms with Gasteiger partial charge in [-0.15, -0.1) is 0 Å². The molecule has 594 valence electrons. The molecule has 0 rings (SSSR count). The number of carbonyl (C=O) groups excluding carboxylic acids is 4. The molecule has 19 heteroatoms. The topological polar surface area (TPSA) is 237 Å². The number of phosphoric ester groups is 2. The highest BCUT2D eigenvalue weighted by Crippen LogP contribution is 2.45. The number of carbonyl (C=O) groups is 4. The Kier molecular flexibility index (Phi) is 72.5. The Bertz CT molecular complexity index is 1910. The summed E-state index contributed by atoms with van der Waals surface area (Å²) in [4.78, 5) is 73.0. The monoisotopic (exact) mass is 1470 g/mol. The number of unbranched alkanes of at least 4 members (excludes halogenated alkanes) is 53. The zero-order valence-electron chi connectivity index (χ0n) is 65.3. The molecule has 5 atom stereocenters. The summed E-state index contributed by atoms with van der Waals surface area (Å²) in [5, 5.41) is 10.6. The van der Waals surface area contributed by atoms with Gasteiger partial charge in [-0.05, 0) is 31.6 Å². The molecular formula is C81H158O17P2. The summed E-state index contributed by atoms with van der Waals surface area (Å²) in [6.07, 6.45) is 65.2. The molecule has 0 saturated carbocycles. The van der Waals surface area contributed by atoms with Crippen molar-refractivity contribution in [3.05, 3.63) is 0 Å². The zero-order valence-corrected chi connectivity index (χ0v) is 67.1. The van der Waals surface area contributed by atoms with Crippen LogP contribution in [-0.2, 0) is 65.4 Å². The van der Waals surface area contributed by atoms with Gasteiger partial charge in [0, 0.05) is 25.7 Å². The van der Waals surface area contributed by atoms with E-state index in [1.165, 1.54) is 257 Å². The Morgan fingerprint density at radius 3 is 0.680 bits per heavy atom. The highest BCUT2D eigenvalue weighted by Gasteiger charge is 2.30. The van der Waals surface area contributed by atoms with Crippen molar-refractivity contribution >= 4 is 39.5 Å². The third kappa shape index (κ3) is 74.3. The predicted molar refractivity (Wildman–Crippen MR) is 409 cm³/mol. The largest absolute Gasteiger partial charge is 0.472 e. The molecule has 3 N–H and O–H groups in total. The summed E-state index contributed by atoms with van der Waals surface area (Å²) in [6, 6.07) is 0. The van der Waals surface area contributed by atoms with Gasteiger partial charge in [0.15, 0.2) is 12.2 Å². The Morgan fingerprint density at radius 2 is 0.460 bits per heavy atom. The minimum absolute atomic E-state index is 0.108. The fourth-order valence-electron chi connectivity index (χ4n) is 12.6. The van der Waals surface area contributed by atoms with Gasteiger partial charge in [-0.1, -0.05) is 381 Å². The molecule has 0 aromatic carbocycles. The maximum atomic E-state index is 13.1. The third-order valence-corrected chi connectivity index (χ3v) is 20.9. The van der Waals surface area contributed by atoms with Gasteiger partial charge in [-0.2, -0.15) is 0 Å². The number of aliphatic hydroxyl groups is 1. The van der Waals surface area contributed by atoms with E-state index in [4.69, 9.17) is 37.0 Å². The summed E-state index contributed by atoms with van der Waals surface area (Å²) < 4.78 is 68.7. The first-order valence-electron chi connectivity index (χ1n) is 42.1.